The van der Waals surface area contributed by atoms with Crippen molar-refractivity contribution in [1.82, 2.24) is 25.1 Å². The number of aryl methyl sites for hydroxylation is 2. The van der Waals surface area contributed by atoms with E-state index in [1.807, 2.05) is 24.7 Å². The molecule has 1 aliphatic heterocycles. The van der Waals surface area contributed by atoms with Crippen molar-refractivity contribution < 1.29 is 9.53 Å². The van der Waals surface area contributed by atoms with Gasteiger partial charge in [-0.15, -0.1) is 0 Å². The normalized spacial score (nSPS) is 21.0. The number of nitrogens with zero attached hydrogens (tertiary/aromatic N) is 4. The van der Waals surface area contributed by atoms with Crippen LogP contribution in [0, 0.1) is 6.92 Å². The standard InChI is InChI=1S/C15H19N5O2/c1-3-20-9-11(7-18-20)14-12(4-5-22-14)19-15(21)13-8-16-10(2)6-17-13/h6-9,12,14H,3-5H2,1-2H3,(H,19,21)/t12-,14+/m0/s1. The van der Waals surface area contributed by atoms with Gasteiger partial charge in [0, 0.05) is 31.1 Å². The maximum absolute atomic E-state index is 12.3. The van der Waals surface area contributed by atoms with Gasteiger partial charge < -0.3 is 10.1 Å². The molecular formula is C15H19N5O2. The lowest BCUT2D eigenvalue weighted by atomic mass is 10.1. The molecule has 2 atom stereocenters. The van der Waals surface area contributed by atoms with Gasteiger partial charge in [0.05, 0.1) is 24.1 Å². The lowest BCUT2D eigenvalue weighted by Crippen LogP contribution is -2.37. The minimum absolute atomic E-state index is 0.0786. The van der Waals surface area contributed by atoms with Gasteiger partial charge in [-0.1, -0.05) is 0 Å². The van der Waals surface area contributed by atoms with Crippen LogP contribution in [0.25, 0.3) is 0 Å². The maximum atomic E-state index is 12.3. The van der Waals surface area contributed by atoms with Gasteiger partial charge in [0.1, 0.15) is 11.8 Å². The molecule has 2 aromatic rings. The Bertz CT molecular complexity index is 652. The van der Waals surface area contributed by atoms with Gasteiger partial charge in [0.15, 0.2) is 0 Å². The number of amides is 1. The zero-order valence-electron chi connectivity index (χ0n) is 12.7. The first-order valence-electron chi connectivity index (χ1n) is 7.41. The number of hydrogen-bond donors (Lipinski definition) is 1. The first-order chi connectivity index (χ1) is 10.7. The summed E-state index contributed by atoms with van der Waals surface area (Å²) in [6, 6.07) is -0.0786. The highest BCUT2D eigenvalue weighted by Crippen LogP contribution is 2.29. The van der Waals surface area contributed by atoms with Crippen molar-refractivity contribution in [2.24, 2.45) is 0 Å². The molecule has 1 amide bonds. The molecular weight excluding hydrogens is 282 g/mol. The van der Waals surface area contributed by atoms with E-state index < -0.39 is 0 Å². The summed E-state index contributed by atoms with van der Waals surface area (Å²) < 4.78 is 7.61. The summed E-state index contributed by atoms with van der Waals surface area (Å²) in [5.74, 6) is -0.226. The molecule has 22 heavy (non-hydrogen) atoms. The van der Waals surface area contributed by atoms with E-state index in [9.17, 15) is 4.79 Å². The zero-order chi connectivity index (χ0) is 15.5. The van der Waals surface area contributed by atoms with Crippen molar-refractivity contribution in [1.29, 1.82) is 0 Å². The number of ether oxygens (including phenoxy) is 1. The third-order valence-electron chi connectivity index (χ3n) is 3.73. The van der Waals surface area contributed by atoms with Gasteiger partial charge in [-0.2, -0.15) is 5.10 Å². The lowest BCUT2D eigenvalue weighted by molar-refractivity contribution is 0.0817. The van der Waals surface area contributed by atoms with E-state index in [4.69, 9.17) is 4.74 Å². The maximum Gasteiger partial charge on any atom is 0.271 e. The molecule has 0 unspecified atom stereocenters. The Kier molecular flexibility index (Phi) is 4.15. The minimum Gasteiger partial charge on any atom is -0.371 e. The summed E-state index contributed by atoms with van der Waals surface area (Å²) >= 11 is 0. The molecule has 3 heterocycles. The Morgan fingerprint density at radius 2 is 2.27 bits per heavy atom. The highest BCUT2D eigenvalue weighted by atomic mass is 16.5. The largest absolute Gasteiger partial charge is 0.371 e. The molecule has 1 aliphatic rings. The Morgan fingerprint density at radius 3 is 2.95 bits per heavy atom. The van der Waals surface area contributed by atoms with Gasteiger partial charge in [-0.3, -0.25) is 14.5 Å². The van der Waals surface area contributed by atoms with Crippen LogP contribution >= 0.6 is 0 Å². The van der Waals surface area contributed by atoms with Gasteiger partial charge >= 0.3 is 0 Å². The van der Waals surface area contributed by atoms with Crippen molar-refractivity contribution in [3.8, 4) is 0 Å². The summed E-state index contributed by atoms with van der Waals surface area (Å²) in [7, 11) is 0. The van der Waals surface area contributed by atoms with Gasteiger partial charge in [-0.05, 0) is 20.3 Å². The first kappa shape index (κ1) is 14.6. The Balaban J connectivity index is 1.70. The average Bonchev–Trinajstić information content (AvgIpc) is 3.16. The van der Waals surface area contributed by atoms with Crippen LogP contribution in [0.1, 0.15) is 41.2 Å². The number of carbonyl (C=O) groups is 1. The van der Waals surface area contributed by atoms with E-state index in [1.165, 1.54) is 6.20 Å². The van der Waals surface area contributed by atoms with E-state index in [-0.39, 0.29) is 18.1 Å². The van der Waals surface area contributed by atoms with Crippen LogP contribution in [0.3, 0.4) is 0 Å². The van der Waals surface area contributed by atoms with Crippen LogP contribution in [-0.2, 0) is 11.3 Å². The van der Waals surface area contributed by atoms with Crippen molar-refractivity contribution in [3.63, 3.8) is 0 Å². The molecule has 0 spiro atoms. The van der Waals surface area contributed by atoms with Crippen LogP contribution in [-0.4, -0.2) is 38.3 Å². The predicted octanol–water partition coefficient (Wildman–Crippen LogP) is 1.26. The Morgan fingerprint density at radius 1 is 1.41 bits per heavy atom. The molecule has 3 rings (SSSR count). The van der Waals surface area contributed by atoms with Crippen molar-refractivity contribution in [2.75, 3.05) is 6.61 Å². The Labute approximate surface area is 128 Å². The van der Waals surface area contributed by atoms with Crippen molar-refractivity contribution >= 4 is 5.91 Å². The fourth-order valence-electron chi connectivity index (χ4n) is 2.52. The van der Waals surface area contributed by atoms with Crippen LogP contribution in [0.2, 0.25) is 0 Å². The van der Waals surface area contributed by atoms with E-state index in [0.29, 0.717) is 12.3 Å². The van der Waals surface area contributed by atoms with Crippen LogP contribution in [0.15, 0.2) is 24.8 Å². The molecule has 1 fully saturated rings. The second-order valence-electron chi connectivity index (χ2n) is 5.33. The van der Waals surface area contributed by atoms with Gasteiger partial charge in [0.25, 0.3) is 5.91 Å². The number of rotatable bonds is 4. The molecule has 0 aliphatic carbocycles. The van der Waals surface area contributed by atoms with Gasteiger partial charge in [-0.25, -0.2) is 4.98 Å². The smallest absolute Gasteiger partial charge is 0.271 e. The van der Waals surface area contributed by atoms with Crippen LogP contribution < -0.4 is 5.32 Å². The average molecular weight is 301 g/mol. The molecule has 0 saturated carbocycles. The zero-order valence-corrected chi connectivity index (χ0v) is 12.7. The quantitative estimate of drug-likeness (QED) is 0.919. The molecule has 0 bridgehead atoms. The molecule has 1 saturated heterocycles. The van der Waals surface area contributed by atoms with Crippen molar-refractivity contribution in [2.45, 2.75) is 39.0 Å². The number of aromatic nitrogens is 4. The highest BCUT2D eigenvalue weighted by molar-refractivity contribution is 5.92. The monoisotopic (exact) mass is 301 g/mol. The summed E-state index contributed by atoms with van der Waals surface area (Å²) in [6.07, 6.45) is 7.44. The van der Waals surface area contributed by atoms with Gasteiger partial charge in [0.2, 0.25) is 0 Å². The second kappa shape index (κ2) is 6.23. The summed E-state index contributed by atoms with van der Waals surface area (Å²) in [6.45, 7) is 5.29. The molecule has 0 aromatic carbocycles. The fourth-order valence-corrected chi connectivity index (χ4v) is 2.52. The van der Waals surface area contributed by atoms with Crippen LogP contribution in [0.5, 0.6) is 0 Å². The SMILES string of the molecule is CCn1cc([C@H]2OCC[C@@H]2NC(=O)c2cnc(C)cn2)cn1. The van der Waals surface area contributed by atoms with E-state index in [1.54, 1.807) is 12.4 Å². The summed E-state index contributed by atoms with van der Waals surface area (Å²) in [4.78, 5) is 20.5. The lowest BCUT2D eigenvalue weighted by Gasteiger charge is -2.18. The number of carbonyl (C=O) groups excluding carboxylic acids is 1. The third-order valence-corrected chi connectivity index (χ3v) is 3.73. The molecule has 1 N–H and O–H groups in total. The highest BCUT2D eigenvalue weighted by Gasteiger charge is 2.32. The number of nitrogens with one attached hydrogen (secondary N) is 1. The molecule has 0 radical (unpaired) electrons. The minimum atomic E-state index is -0.226. The predicted molar refractivity (Wildman–Crippen MR) is 79.2 cm³/mol. The second-order valence-corrected chi connectivity index (χ2v) is 5.33. The molecule has 116 valence electrons. The van der Waals surface area contributed by atoms with E-state index >= 15 is 0 Å². The first-order valence-corrected chi connectivity index (χ1v) is 7.41. The van der Waals surface area contributed by atoms with Crippen LogP contribution in [0.4, 0.5) is 0 Å². The molecule has 7 nitrogen and oxygen atoms in total. The number of hydrogen-bond acceptors (Lipinski definition) is 5. The summed E-state index contributed by atoms with van der Waals surface area (Å²) in [5.41, 5.74) is 2.09. The summed E-state index contributed by atoms with van der Waals surface area (Å²) in [5, 5.41) is 7.25. The Hall–Kier alpha value is -2.28. The topological polar surface area (TPSA) is 81.9 Å². The fraction of sp³-hybridized carbons (Fsp3) is 0.467. The molecule has 7 heteroatoms. The van der Waals surface area contributed by atoms with Crippen molar-refractivity contribution in [3.05, 3.63) is 41.7 Å². The third kappa shape index (κ3) is 2.99. The van der Waals surface area contributed by atoms with E-state index in [0.717, 1.165) is 24.2 Å². The molecule has 2 aromatic heterocycles. The van der Waals surface area contributed by atoms with E-state index in [2.05, 4.69) is 20.4 Å².